The first kappa shape index (κ1) is 72.8. The van der Waals surface area contributed by atoms with Crippen LogP contribution in [0.3, 0.4) is 0 Å². The number of ether oxygens (including phenoxy) is 3. The van der Waals surface area contributed by atoms with Crippen LogP contribution in [0.1, 0.15) is 335 Å². The van der Waals surface area contributed by atoms with E-state index in [1.807, 2.05) is 0 Å². The van der Waals surface area contributed by atoms with Crippen LogP contribution >= 0.6 is 0 Å². The van der Waals surface area contributed by atoms with Gasteiger partial charge in [-0.15, -0.1) is 0 Å². The summed E-state index contributed by atoms with van der Waals surface area (Å²) in [4.78, 5) is 38.1. The molecule has 0 aliphatic carbocycles. The molecule has 6 nitrogen and oxygen atoms in total. The third-order valence-corrected chi connectivity index (χ3v) is 14.4. The molecule has 0 rings (SSSR count). The van der Waals surface area contributed by atoms with Crippen LogP contribution in [0.15, 0.2) is 72.9 Å². The number of esters is 3. The highest BCUT2D eigenvalue weighted by molar-refractivity contribution is 5.71. The van der Waals surface area contributed by atoms with E-state index in [0.29, 0.717) is 19.3 Å². The van der Waals surface area contributed by atoms with Gasteiger partial charge in [-0.1, -0.05) is 299 Å². The van der Waals surface area contributed by atoms with Gasteiger partial charge in [-0.05, 0) is 89.9 Å². The van der Waals surface area contributed by atoms with Crippen LogP contribution in [0.2, 0.25) is 0 Å². The van der Waals surface area contributed by atoms with Crippen LogP contribution in [-0.2, 0) is 28.6 Å². The minimum atomic E-state index is -0.774. The largest absolute Gasteiger partial charge is 0.462 e. The minimum Gasteiger partial charge on any atom is -0.462 e. The van der Waals surface area contributed by atoms with E-state index < -0.39 is 6.10 Å². The molecule has 0 aromatic carbocycles. The van der Waals surface area contributed by atoms with Gasteiger partial charge in [-0.2, -0.15) is 0 Å². The molecule has 0 bridgehead atoms. The monoisotopic (exact) mass is 1060 g/mol. The zero-order chi connectivity index (χ0) is 55.0. The number of carbonyl (C=O) groups excluding carboxylic acids is 3. The van der Waals surface area contributed by atoms with E-state index in [4.69, 9.17) is 14.2 Å². The van der Waals surface area contributed by atoms with Crippen molar-refractivity contribution >= 4 is 17.9 Å². The molecule has 0 N–H and O–H groups in total. The molecule has 0 saturated carbocycles. The van der Waals surface area contributed by atoms with E-state index in [2.05, 4.69) is 93.7 Å². The Labute approximate surface area is 472 Å². The maximum atomic E-state index is 12.8. The summed E-state index contributed by atoms with van der Waals surface area (Å²) in [6.45, 7) is 6.52. The lowest BCUT2D eigenvalue weighted by Crippen LogP contribution is -2.30. The predicted molar refractivity (Wildman–Crippen MR) is 330 cm³/mol. The molecule has 0 spiro atoms. The molecule has 6 heteroatoms. The highest BCUT2D eigenvalue weighted by atomic mass is 16.6. The summed E-state index contributed by atoms with van der Waals surface area (Å²) in [5.74, 6) is -0.868. The van der Waals surface area contributed by atoms with Crippen molar-refractivity contribution in [2.75, 3.05) is 13.2 Å². The maximum absolute atomic E-state index is 12.8. The third kappa shape index (κ3) is 61.7. The van der Waals surface area contributed by atoms with Gasteiger partial charge in [0.05, 0.1) is 0 Å². The second-order valence-electron chi connectivity index (χ2n) is 22.0. The van der Waals surface area contributed by atoms with Gasteiger partial charge in [-0.3, -0.25) is 14.4 Å². The minimum absolute atomic E-state index is 0.0729. The van der Waals surface area contributed by atoms with E-state index in [1.54, 1.807) is 0 Å². The fourth-order valence-corrected chi connectivity index (χ4v) is 9.53. The van der Waals surface area contributed by atoms with Gasteiger partial charge in [-0.25, -0.2) is 0 Å². The molecule has 76 heavy (non-hydrogen) atoms. The Balaban J connectivity index is 4.00. The molecular weight excluding hydrogens is 937 g/mol. The zero-order valence-electron chi connectivity index (χ0n) is 50.5. The lowest BCUT2D eigenvalue weighted by molar-refractivity contribution is -0.167. The van der Waals surface area contributed by atoms with Crippen LogP contribution in [0.4, 0.5) is 0 Å². The van der Waals surface area contributed by atoms with Crippen molar-refractivity contribution in [3.8, 4) is 0 Å². The maximum Gasteiger partial charge on any atom is 0.306 e. The molecule has 0 aliphatic heterocycles. The number of allylic oxidation sites excluding steroid dienone is 12. The van der Waals surface area contributed by atoms with Crippen molar-refractivity contribution < 1.29 is 28.6 Å². The second kappa shape index (κ2) is 64.4. The van der Waals surface area contributed by atoms with Crippen LogP contribution in [0.5, 0.6) is 0 Å². The van der Waals surface area contributed by atoms with Gasteiger partial charge >= 0.3 is 17.9 Å². The van der Waals surface area contributed by atoms with Crippen molar-refractivity contribution in [1.29, 1.82) is 0 Å². The van der Waals surface area contributed by atoms with Gasteiger partial charge in [0.25, 0.3) is 0 Å². The summed E-state index contributed by atoms with van der Waals surface area (Å²) < 4.78 is 16.9. The Morgan fingerprint density at radius 2 is 0.513 bits per heavy atom. The molecule has 1 unspecified atom stereocenters. The Morgan fingerprint density at radius 3 is 0.816 bits per heavy atom. The molecule has 0 fully saturated rings. The highest BCUT2D eigenvalue weighted by Gasteiger charge is 2.19. The van der Waals surface area contributed by atoms with Gasteiger partial charge in [0, 0.05) is 19.3 Å². The molecular formula is C70H124O6. The summed E-state index contributed by atoms with van der Waals surface area (Å²) in [6, 6.07) is 0. The SMILES string of the molecule is CC/C=C\C/C=C\C/C=C\C/C=C\C/C=C\CCCCCCCCCCCCCCCCCCCCCC(=O)OCC(COC(=O)CCCCCCCCCCC)OC(=O)CCCCCCC/C=C\CCCCCCC. The Bertz CT molecular complexity index is 1400. The second-order valence-corrected chi connectivity index (χ2v) is 22.0. The number of carbonyl (C=O) groups is 3. The first-order chi connectivity index (χ1) is 37.5. The highest BCUT2D eigenvalue weighted by Crippen LogP contribution is 2.17. The first-order valence-electron chi connectivity index (χ1n) is 32.9. The first-order valence-corrected chi connectivity index (χ1v) is 32.9. The van der Waals surface area contributed by atoms with Crippen molar-refractivity contribution in [2.45, 2.75) is 341 Å². The number of hydrogen-bond acceptors (Lipinski definition) is 6. The summed E-state index contributed by atoms with van der Waals surface area (Å²) in [5, 5.41) is 0. The molecule has 0 saturated heterocycles. The average Bonchev–Trinajstić information content (AvgIpc) is 3.42. The van der Waals surface area contributed by atoms with Crippen molar-refractivity contribution in [1.82, 2.24) is 0 Å². The van der Waals surface area contributed by atoms with E-state index >= 15 is 0 Å². The summed E-state index contributed by atoms with van der Waals surface area (Å²) in [7, 11) is 0. The molecule has 0 radical (unpaired) electrons. The normalized spacial score (nSPS) is 12.5. The van der Waals surface area contributed by atoms with Gasteiger partial charge < -0.3 is 14.2 Å². The summed E-state index contributed by atoms with van der Waals surface area (Å²) >= 11 is 0. The van der Waals surface area contributed by atoms with E-state index in [-0.39, 0.29) is 31.1 Å². The van der Waals surface area contributed by atoms with Crippen LogP contribution in [-0.4, -0.2) is 37.2 Å². The lowest BCUT2D eigenvalue weighted by atomic mass is 10.0. The Morgan fingerprint density at radius 1 is 0.276 bits per heavy atom. The predicted octanol–water partition coefficient (Wildman–Crippen LogP) is 22.5. The Kier molecular flexibility index (Phi) is 61.7. The zero-order valence-corrected chi connectivity index (χ0v) is 50.5. The van der Waals surface area contributed by atoms with Gasteiger partial charge in [0.15, 0.2) is 6.10 Å². The number of rotatable bonds is 60. The van der Waals surface area contributed by atoms with E-state index in [9.17, 15) is 14.4 Å². The van der Waals surface area contributed by atoms with Gasteiger partial charge in [0.2, 0.25) is 0 Å². The van der Waals surface area contributed by atoms with Crippen molar-refractivity contribution in [3.63, 3.8) is 0 Å². The van der Waals surface area contributed by atoms with E-state index in [1.165, 1.54) is 199 Å². The van der Waals surface area contributed by atoms with Crippen LogP contribution in [0, 0.1) is 0 Å². The van der Waals surface area contributed by atoms with Crippen LogP contribution < -0.4 is 0 Å². The van der Waals surface area contributed by atoms with Gasteiger partial charge in [0.1, 0.15) is 13.2 Å². The van der Waals surface area contributed by atoms with Crippen molar-refractivity contribution in [3.05, 3.63) is 72.9 Å². The molecule has 0 aromatic rings. The number of hydrogen-bond donors (Lipinski definition) is 0. The smallest absolute Gasteiger partial charge is 0.306 e. The third-order valence-electron chi connectivity index (χ3n) is 14.4. The lowest BCUT2D eigenvalue weighted by Gasteiger charge is -2.18. The topological polar surface area (TPSA) is 78.9 Å². The van der Waals surface area contributed by atoms with Crippen LogP contribution in [0.25, 0.3) is 0 Å². The average molecular weight is 1060 g/mol. The molecule has 0 aliphatic rings. The van der Waals surface area contributed by atoms with Crippen molar-refractivity contribution in [2.24, 2.45) is 0 Å². The molecule has 1 atom stereocenters. The molecule has 0 amide bonds. The fourth-order valence-electron chi connectivity index (χ4n) is 9.53. The molecule has 0 aromatic heterocycles. The molecule has 0 heterocycles. The molecule has 440 valence electrons. The standard InChI is InChI=1S/C70H124O6/c1-4-7-10-13-16-19-21-23-25-26-27-28-29-30-31-32-33-34-35-36-37-38-39-40-41-42-43-44-45-47-48-51-54-57-60-63-69(72)75-66-67(65-74-68(71)62-59-56-53-50-18-15-12-9-6-3)76-70(73)64-61-58-55-52-49-46-24-22-20-17-14-11-8-5-2/h7,10,16,19,22-25,27-28,30-31,67H,4-6,8-9,11-15,17-18,20-21,26,29,32-66H2,1-3H3/b10-7-,19-16-,24-22-,25-23-,28-27-,31-30-. The van der Waals surface area contributed by atoms with E-state index in [0.717, 1.165) is 96.3 Å². The quantitative estimate of drug-likeness (QED) is 0.0261. The Hall–Kier alpha value is -3.15. The summed E-state index contributed by atoms with van der Waals surface area (Å²) in [6.07, 6.45) is 83.7. The number of unbranched alkanes of at least 4 members (excludes halogenated alkanes) is 37. The summed E-state index contributed by atoms with van der Waals surface area (Å²) in [5.41, 5.74) is 0. The fraction of sp³-hybridized carbons (Fsp3) is 0.786.